The molecule has 140 valence electrons. The summed E-state index contributed by atoms with van der Waals surface area (Å²) in [5.41, 5.74) is 3.63. The summed E-state index contributed by atoms with van der Waals surface area (Å²) in [4.78, 5) is 11.5. The Morgan fingerprint density at radius 1 is 1.04 bits per heavy atom. The van der Waals surface area contributed by atoms with Crippen LogP contribution >= 0.6 is 0 Å². The van der Waals surface area contributed by atoms with Crippen LogP contribution in [0.5, 0.6) is 0 Å². The summed E-state index contributed by atoms with van der Waals surface area (Å²) in [7, 11) is -3.63. The van der Waals surface area contributed by atoms with Gasteiger partial charge in [-0.1, -0.05) is 45.0 Å². The van der Waals surface area contributed by atoms with Crippen molar-refractivity contribution in [2.24, 2.45) is 0 Å². The van der Waals surface area contributed by atoms with Crippen LogP contribution in [0.15, 0.2) is 53.4 Å². The summed E-state index contributed by atoms with van der Waals surface area (Å²) < 4.78 is 27.4. The van der Waals surface area contributed by atoms with Gasteiger partial charge >= 0.3 is 0 Å². The minimum absolute atomic E-state index is 0.00166. The zero-order chi connectivity index (χ0) is 19.4. The third-order valence-electron chi connectivity index (χ3n) is 4.61. The Labute approximate surface area is 154 Å². The van der Waals surface area contributed by atoms with Crippen molar-refractivity contribution >= 4 is 15.9 Å². The molecule has 0 saturated heterocycles. The average molecular weight is 376 g/mol. The van der Waals surface area contributed by atoms with Gasteiger partial charge in [0.05, 0.1) is 4.90 Å². The molecule has 0 aliphatic heterocycles. The van der Waals surface area contributed by atoms with E-state index in [1.165, 1.54) is 12.1 Å². The first-order valence-electron chi connectivity index (χ1n) is 8.33. The molecule has 0 saturated carbocycles. The molecule has 0 aliphatic rings. The first-order chi connectivity index (χ1) is 12.2. The second-order valence-electron chi connectivity index (χ2n) is 6.72. The van der Waals surface area contributed by atoms with Gasteiger partial charge in [0.15, 0.2) is 0 Å². The van der Waals surface area contributed by atoms with E-state index in [-0.39, 0.29) is 22.4 Å². The topological polar surface area (TPSA) is 95.5 Å². The van der Waals surface area contributed by atoms with E-state index >= 15 is 0 Å². The van der Waals surface area contributed by atoms with Crippen molar-refractivity contribution in [2.45, 2.75) is 44.0 Å². The van der Waals surface area contributed by atoms with Gasteiger partial charge in [0.1, 0.15) is 0 Å². The smallest absolute Gasteiger partial charge is 0.274 e. The fraction of sp³-hybridized carbons (Fsp3) is 0.316. The standard InChI is InChI=1S/C19H24N2O4S/c1-4-19(2,3)16-9-11-17(12-10-16)26(24,25)20-13-14-5-7-15(8-6-14)18(22)21-23/h5-12,20,23H,4,13H2,1-3H3,(H,21,22). The summed E-state index contributed by atoms with van der Waals surface area (Å²) in [5.74, 6) is -0.618. The predicted molar refractivity (Wildman–Crippen MR) is 99.5 cm³/mol. The molecule has 0 atom stereocenters. The monoisotopic (exact) mass is 376 g/mol. The van der Waals surface area contributed by atoms with Crippen LogP contribution in [0.25, 0.3) is 0 Å². The Kier molecular flexibility index (Phi) is 6.17. The summed E-state index contributed by atoms with van der Waals surface area (Å²) in [5, 5.41) is 8.59. The van der Waals surface area contributed by atoms with Gasteiger partial charge in [0.2, 0.25) is 10.0 Å². The summed E-state index contributed by atoms with van der Waals surface area (Å²) in [6, 6.07) is 13.2. The molecule has 0 aliphatic carbocycles. The molecule has 26 heavy (non-hydrogen) atoms. The first-order valence-corrected chi connectivity index (χ1v) is 9.81. The summed E-state index contributed by atoms with van der Waals surface area (Å²) >= 11 is 0. The minimum atomic E-state index is -3.63. The van der Waals surface area contributed by atoms with Gasteiger partial charge in [0, 0.05) is 12.1 Å². The molecule has 0 aromatic heterocycles. The Morgan fingerprint density at radius 2 is 1.62 bits per heavy atom. The maximum atomic E-state index is 12.4. The van der Waals surface area contributed by atoms with Gasteiger partial charge in [-0.3, -0.25) is 10.0 Å². The molecule has 2 aromatic carbocycles. The van der Waals surface area contributed by atoms with Gasteiger partial charge in [0.25, 0.3) is 5.91 Å². The lowest BCUT2D eigenvalue weighted by Crippen LogP contribution is -2.24. The summed E-state index contributed by atoms with van der Waals surface area (Å²) in [6.07, 6.45) is 0.960. The Morgan fingerprint density at radius 3 is 2.12 bits per heavy atom. The number of carbonyl (C=O) groups excluding carboxylic acids is 1. The van der Waals surface area contributed by atoms with Crippen LogP contribution in [-0.4, -0.2) is 19.5 Å². The highest BCUT2D eigenvalue weighted by atomic mass is 32.2. The molecule has 6 nitrogen and oxygen atoms in total. The van der Waals surface area contributed by atoms with E-state index in [4.69, 9.17) is 5.21 Å². The van der Waals surface area contributed by atoms with Crippen molar-refractivity contribution in [3.05, 3.63) is 65.2 Å². The number of carbonyl (C=O) groups is 1. The Bertz CT molecular complexity index is 857. The number of hydrogen-bond acceptors (Lipinski definition) is 4. The van der Waals surface area contributed by atoms with Gasteiger partial charge in [-0.15, -0.1) is 0 Å². The van der Waals surface area contributed by atoms with Crippen molar-refractivity contribution in [3.63, 3.8) is 0 Å². The van der Waals surface area contributed by atoms with Gasteiger partial charge in [-0.2, -0.15) is 0 Å². The van der Waals surface area contributed by atoms with Gasteiger partial charge < -0.3 is 0 Å². The van der Waals surface area contributed by atoms with E-state index in [9.17, 15) is 13.2 Å². The quantitative estimate of drug-likeness (QED) is 0.511. The summed E-state index contributed by atoms with van der Waals surface area (Å²) in [6.45, 7) is 6.44. The van der Waals surface area contributed by atoms with Crippen molar-refractivity contribution in [3.8, 4) is 0 Å². The van der Waals surface area contributed by atoms with Crippen LogP contribution in [0.1, 0.15) is 48.7 Å². The highest BCUT2D eigenvalue weighted by Gasteiger charge is 2.20. The van der Waals surface area contributed by atoms with E-state index in [1.54, 1.807) is 29.7 Å². The average Bonchev–Trinajstić information content (AvgIpc) is 2.66. The molecule has 0 bridgehead atoms. The fourth-order valence-electron chi connectivity index (χ4n) is 2.39. The number of hydrogen-bond donors (Lipinski definition) is 3. The number of sulfonamides is 1. The molecule has 2 aromatic rings. The van der Waals surface area contributed by atoms with E-state index in [1.807, 2.05) is 12.1 Å². The molecule has 0 heterocycles. The third kappa shape index (κ3) is 4.69. The van der Waals surface area contributed by atoms with Crippen molar-refractivity contribution < 1.29 is 18.4 Å². The lowest BCUT2D eigenvalue weighted by atomic mass is 9.82. The van der Waals surface area contributed by atoms with Crippen LogP contribution in [0, 0.1) is 0 Å². The van der Waals surface area contributed by atoms with E-state index in [0.29, 0.717) is 5.56 Å². The van der Waals surface area contributed by atoms with Crippen LogP contribution in [0.4, 0.5) is 0 Å². The van der Waals surface area contributed by atoms with Crippen molar-refractivity contribution in [1.29, 1.82) is 0 Å². The zero-order valence-electron chi connectivity index (χ0n) is 15.1. The molecule has 0 unspecified atom stereocenters. The molecule has 0 fully saturated rings. The lowest BCUT2D eigenvalue weighted by molar-refractivity contribution is 0.0706. The number of nitrogens with one attached hydrogen (secondary N) is 2. The number of amides is 1. The van der Waals surface area contributed by atoms with Crippen LogP contribution in [-0.2, 0) is 22.0 Å². The SMILES string of the molecule is CCC(C)(C)c1ccc(S(=O)(=O)NCc2ccc(C(=O)NO)cc2)cc1. The maximum absolute atomic E-state index is 12.4. The Hall–Kier alpha value is -2.22. The van der Waals surface area contributed by atoms with E-state index < -0.39 is 15.9 Å². The highest BCUT2D eigenvalue weighted by molar-refractivity contribution is 7.89. The van der Waals surface area contributed by atoms with Crippen LogP contribution in [0.3, 0.4) is 0 Å². The first kappa shape index (κ1) is 20.1. The molecular weight excluding hydrogens is 352 g/mol. The molecule has 3 N–H and O–H groups in total. The molecular formula is C19H24N2O4S. The molecule has 0 radical (unpaired) electrons. The molecule has 0 spiro atoms. The van der Waals surface area contributed by atoms with Crippen LogP contribution in [0.2, 0.25) is 0 Å². The fourth-order valence-corrected chi connectivity index (χ4v) is 3.41. The van der Waals surface area contributed by atoms with Crippen molar-refractivity contribution in [1.82, 2.24) is 10.2 Å². The van der Waals surface area contributed by atoms with E-state index in [2.05, 4.69) is 25.5 Å². The molecule has 1 amide bonds. The number of hydroxylamine groups is 1. The maximum Gasteiger partial charge on any atom is 0.274 e. The Balaban J connectivity index is 2.08. The number of benzene rings is 2. The lowest BCUT2D eigenvalue weighted by Gasteiger charge is -2.23. The second-order valence-corrected chi connectivity index (χ2v) is 8.49. The highest BCUT2D eigenvalue weighted by Crippen LogP contribution is 2.27. The van der Waals surface area contributed by atoms with Gasteiger partial charge in [-0.25, -0.2) is 18.6 Å². The molecule has 2 rings (SSSR count). The zero-order valence-corrected chi connectivity index (χ0v) is 15.9. The van der Waals surface area contributed by atoms with E-state index in [0.717, 1.165) is 12.0 Å². The van der Waals surface area contributed by atoms with Crippen LogP contribution < -0.4 is 10.2 Å². The molecule has 7 heteroatoms. The second kappa shape index (κ2) is 7.99. The predicted octanol–water partition coefficient (Wildman–Crippen LogP) is 2.97. The van der Waals surface area contributed by atoms with Gasteiger partial charge in [-0.05, 0) is 47.2 Å². The minimum Gasteiger partial charge on any atom is -0.288 e. The largest absolute Gasteiger partial charge is 0.288 e. The third-order valence-corrected chi connectivity index (χ3v) is 6.03. The normalized spacial score (nSPS) is 12.0. The number of rotatable bonds is 7. The van der Waals surface area contributed by atoms with Crippen molar-refractivity contribution in [2.75, 3.05) is 0 Å².